The fourth-order valence-electron chi connectivity index (χ4n) is 2.73. The van der Waals surface area contributed by atoms with E-state index in [2.05, 4.69) is 13.8 Å². The molecule has 0 spiro atoms. The van der Waals surface area contributed by atoms with Gasteiger partial charge in [-0.3, -0.25) is 9.59 Å². The monoisotopic (exact) mass is 360 g/mol. The van der Waals surface area contributed by atoms with Gasteiger partial charge in [-0.15, -0.1) is 0 Å². The quantitative estimate of drug-likeness (QED) is 0.763. The van der Waals surface area contributed by atoms with Gasteiger partial charge in [0.25, 0.3) is 0 Å². The maximum atomic E-state index is 12.1. The van der Waals surface area contributed by atoms with Crippen molar-refractivity contribution in [2.24, 2.45) is 0 Å². The third-order valence-corrected chi connectivity index (χ3v) is 4.21. The predicted molar refractivity (Wildman–Crippen MR) is 96.4 cm³/mol. The van der Waals surface area contributed by atoms with Crippen molar-refractivity contribution < 1.29 is 23.8 Å². The Bertz CT molecular complexity index is 804. The summed E-state index contributed by atoms with van der Waals surface area (Å²) in [4.78, 5) is 24.0. The van der Waals surface area contributed by atoms with E-state index in [1.807, 2.05) is 24.3 Å². The van der Waals surface area contributed by atoms with Crippen LogP contribution in [0.2, 0.25) is 0 Å². The minimum Gasteiger partial charge on any atom is -0.502 e. The van der Waals surface area contributed by atoms with Gasteiger partial charge in [-0.25, -0.2) is 0 Å². The third kappa shape index (κ3) is 4.52. The minimum atomic E-state index is -0.645. The first-order valence-electron chi connectivity index (χ1n) is 8.38. The van der Waals surface area contributed by atoms with Crippen LogP contribution in [0.1, 0.15) is 54.8 Å². The molecule has 0 aliphatic carbocycles. The molecule has 1 aromatic heterocycles. The van der Waals surface area contributed by atoms with Crippen molar-refractivity contribution in [2.75, 3.05) is 14.2 Å². The standard InChI is InChI=1S/C20H24O6/c1-12(2)13-5-7-14(8-6-13)16(10-18(22)25-4)20-19(23)17(21)9-15(26-20)11-24-3/h5-9,12,16,23H,10-11H2,1-4H3. The van der Waals surface area contributed by atoms with Crippen molar-refractivity contribution in [2.45, 2.75) is 38.7 Å². The molecule has 6 heteroatoms. The first-order valence-corrected chi connectivity index (χ1v) is 8.38. The topological polar surface area (TPSA) is 86.0 Å². The zero-order valence-electron chi connectivity index (χ0n) is 15.4. The van der Waals surface area contributed by atoms with Crippen LogP contribution in [-0.2, 0) is 20.9 Å². The number of hydrogen-bond acceptors (Lipinski definition) is 6. The van der Waals surface area contributed by atoms with Gasteiger partial charge in [0.1, 0.15) is 12.4 Å². The van der Waals surface area contributed by atoms with E-state index in [4.69, 9.17) is 13.9 Å². The lowest BCUT2D eigenvalue weighted by Gasteiger charge is -2.18. The molecule has 1 heterocycles. The Morgan fingerprint density at radius 3 is 2.31 bits per heavy atom. The van der Waals surface area contributed by atoms with Crippen LogP contribution in [-0.4, -0.2) is 25.3 Å². The number of esters is 1. The number of carbonyl (C=O) groups is 1. The highest BCUT2D eigenvalue weighted by Gasteiger charge is 2.26. The summed E-state index contributed by atoms with van der Waals surface area (Å²) in [5, 5.41) is 10.3. The molecular formula is C20H24O6. The summed E-state index contributed by atoms with van der Waals surface area (Å²) in [5.41, 5.74) is 1.31. The maximum absolute atomic E-state index is 12.1. The molecule has 0 amide bonds. The number of benzene rings is 1. The van der Waals surface area contributed by atoms with Gasteiger partial charge >= 0.3 is 5.97 Å². The molecule has 0 radical (unpaired) electrons. The summed E-state index contributed by atoms with van der Waals surface area (Å²) in [5.74, 6) is -0.951. The molecule has 0 saturated heterocycles. The molecule has 0 bridgehead atoms. The molecule has 0 aliphatic rings. The first-order chi connectivity index (χ1) is 12.4. The van der Waals surface area contributed by atoms with Crippen molar-refractivity contribution in [3.05, 3.63) is 63.2 Å². The van der Waals surface area contributed by atoms with Crippen LogP contribution < -0.4 is 5.43 Å². The molecule has 1 aromatic carbocycles. The van der Waals surface area contributed by atoms with Gasteiger partial charge in [-0.05, 0) is 17.0 Å². The van der Waals surface area contributed by atoms with Crippen LogP contribution in [0.5, 0.6) is 5.75 Å². The van der Waals surface area contributed by atoms with E-state index in [1.165, 1.54) is 20.3 Å². The Hall–Kier alpha value is -2.60. The number of carbonyl (C=O) groups excluding carboxylic acids is 1. The van der Waals surface area contributed by atoms with Crippen LogP contribution in [0, 0.1) is 0 Å². The van der Waals surface area contributed by atoms with E-state index in [0.717, 1.165) is 11.1 Å². The van der Waals surface area contributed by atoms with Crippen LogP contribution >= 0.6 is 0 Å². The summed E-state index contributed by atoms with van der Waals surface area (Å²) in [7, 11) is 2.77. The average Bonchev–Trinajstić information content (AvgIpc) is 2.63. The van der Waals surface area contributed by atoms with Gasteiger partial charge in [0.05, 0.1) is 19.4 Å². The average molecular weight is 360 g/mol. The molecular weight excluding hydrogens is 336 g/mol. The van der Waals surface area contributed by atoms with E-state index in [1.54, 1.807) is 0 Å². The molecule has 26 heavy (non-hydrogen) atoms. The van der Waals surface area contributed by atoms with Gasteiger partial charge in [0, 0.05) is 13.2 Å². The number of hydrogen-bond donors (Lipinski definition) is 1. The molecule has 2 rings (SSSR count). The summed E-state index contributed by atoms with van der Waals surface area (Å²) >= 11 is 0. The van der Waals surface area contributed by atoms with Crippen LogP contribution in [0.3, 0.4) is 0 Å². The summed E-state index contributed by atoms with van der Waals surface area (Å²) in [6.45, 7) is 4.25. The Balaban J connectivity index is 2.54. The fourth-order valence-corrected chi connectivity index (χ4v) is 2.73. The van der Waals surface area contributed by atoms with Crippen LogP contribution in [0.25, 0.3) is 0 Å². The molecule has 1 atom stereocenters. The van der Waals surface area contributed by atoms with E-state index in [9.17, 15) is 14.7 Å². The highest BCUT2D eigenvalue weighted by Crippen LogP contribution is 2.34. The number of rotatable bonds is 7. The summed E-state index contributed by atoms with van der Waals surface area (Å²) in [6.07, 6.45) is -0.0650. The highest BCUT2D eigenvalue weighted by atomic mass is 16.5. The lowest BCUT2D eigenvalue weighted by Crippen LogP contribution is -2.14. The van der Waals surface area contributed by atoms with Gasteiger partial charge in [0.2, 0.25) is 11.2 Å². The lowest BCUT2D eigenvalue weighted by atomic mass is 9.90. The molecule has 1 unspecified atom stereocenters. The van der Waals surface area contributed by atoms with Crippen molar-refractivity contribution in [3.63, 3.8) is 0 Å². The molecule has 1 N–H and O–H groups in total. The van der Waals surface area contributed by atoms with Gasteiger partial charge < -0.3 is 19.0 Å². The third-order valence-electron chi connectivity index (χ3n) is 4.21. The largest absolute Gasteiger partial charge is 0.502 e. The zero-order valence-corrected chi connectivity index (χ0v) is 15.4. The zero-order chi connectivity index (χ0) is 19.3. The minimum absolute atomic E-state index is 0.0345. The number of ether oxygens (including phenoxy) is 2. The van der Waals surface area contributed by atoms with Gasteiger partial charge in [-0.2, -0.15) is 0 Å². The predicted octanol–water partition coefficient (Wildman–Crippen LogP) is 3.31. The normalized spacial score (nSPS) is 12.2. The summed E-state index contributed by atoms with van der Waals surface area (Å²) in [6, 6.07) is 8.83. The van der Waals surface area contributed by atoms with Gasteiger partial charge in [-0.1, -0.05) is 38.1 Å². The van der Waals surface area contributed by atoms with Crippen molar-refractivity contribution in [3.8, 4) is 5.75 Å². The van der Waals surface area contributed by atoms with Gasteiger partial charge in [0.15, 0.2) is 5.76 Å². The first kappa shape index (κ1) is 19.7. The fraction of sp³-hybridized carbons (Fsp3) is 0.400. The van der Waals surface area contributed by atoms with Crippen LogP contribution in [0.15, 0.2) is 39.5 Å². The van der Waals surface area contributed by atoms with Crippen molar-refractivity contribution >= 4 is 5.97 Å². The van der Waals surface area contributed by atoms with Crippen molar-refractivity contribution in [1.82, 2.24) is 0 Å². The Labute approximate surface area is 152 Å². The molecule has 0 fully saturated rings. The Kier molecular flexibility index (Phi) is 6.58. The number of aromatic hydroxyl groups is 1. The highest BCUT2D eigenvalue weighted by molar-refractivity contribution is 5.71. The van der Waals surface area contributed by atoms with Crippen molar-refractivity contribution in [1.29, 1.82) is 0 Å². The molecule has 140 valence electrons. The Morgan fingerprint density at radius 1 is 1.15 bits per heavy atom. The molecule has 6 nitrogen and oxygen atoms in total. The molecule has 2 aromatic rings. The maximum Gasteiger partial charge on any atom is 0.306 e. The van der Waals surface area contributed by atoms with E-state index < -0.39 is 23.1 Å². The van der Waals surface area contributed by atoms with E-state index in [0.29, 0.717) is 5.92 Å². The summed E-state index contributed by atoms with van der Waals surface area (Å²) < 4.78 is 15.5. The lowest BCUT2D eigenvalue weighted by molar-refractivity contribution is -0.140. The smallest absolute Gasteiger partial charge is 0.306 e. The van der Waals surface area contributed by atoms with E-state index in [-0.39, 0.29) is 24.5 Å². The Morgan fingerprint density at radius 2 is 1.77 bits per heavy atom. The number of methoxy groups -OCH3 is 2. The molecule has 0 saturated carbocycles. The second-order valence-electron chi connectivity index (χ2n) is 6.38. The van der Waals surface area contributed by atoms with E-state index >= 15 is 0 Å². The second kappa shape index (κ2) is 8.67. The van der Waals surface area contributed by atoms with Crippen LogP contribution in [0.4, 0.5) is 0 Å². The SMILES string of the molecule is COCc1cc(=O)c(O)c(C(CC(=O)OC)c2ccc(C(C)C)cc2)o1. The molecule has 0 aliphatic heterocycles. The second-order valence-corrected chi connectivity index (χ2v) is 6.38.